The summed E-state index contributed by atoms with van der Waals surface area (Å²) in [7, 11) is 4.08. The number of quaternary nitrogens is 1. The number of carbonyl (C=O) groups excluding carboxylic acids is 1. The summed E-state index contributed by atoms with van der Waals surface area (Å²) in [5, 5.41) is 0. The van der Waals surface area contributed by atoms with Crippen molar-refractivity contribution in [1.29, 1.82) is 0 Å². The van der Waals surface area contributed by atoms with Gasteiger partial charge in [0.1, 0.15) is 6.54 Å². The van der Waals surface area contributed by atoms with Crippen LogP contribution in [0.25, 0.3) is 0 Å². The molecule has 0 fully saturated rings. The van der Waals surface area contributed by atoms with Gasteiger partial charge in [-0.2, -0.15) is 0 Å². The van der Waals surface area contributed by atoms with Crippen LogP contribution in [0.3, 0.4) is 0 Å². The molecular formula is C9H18NO+. The first-order valence-electron chi connectivity index (χ1n) is 3.90. The molecule has 0 aromatic carbocycles. The van der Waals surface area contributed by atoms with Crippen molar-refractivity contribution in [3.63, 3.8) is 0 Å². The minimum Gasteiger partial charge on any atom is -0.322 e. The van der Waals surface area contributed by atoms with Crippen LogP contribution >= 0.6 is 0 Å². The third kappa shape index (κ3) is 3.94. The molecule has 0 aromatic heterocycles. The summed E-state index contributed by atoms with van der Waals surface area (Å²) in [5.41, 5.74) is 0.657. The number of hydrogen-bond donors (Lipinski definition) is 0. The Balaban J connectivity index is 4.04. The molecule has 2 heteroatoms. The van der Waals surface area contributed by atoms with Gasteiger partial charge in [-0.25, -0.2) is 0 Å². The van der Waals surface area contributed by atoms with E-state index >= 15 is 0 Å². The lowest BCUT2D eigenvalue weighted by Gasteiger charge is -2.27. The zero-order valence-electron chi connectivity index (χ0n) is 7.98. The normalized spacial score (nSPS) is 11.3. The Bertz CT molecular complexity index is 170. The summed E-state index contributed by atoms with van der Waals surface area (Å²) in [4.78, 5) is 11.2. The van der Waals surface area contributed by atoms with E-state index in [9.17, 15) is 4.79 Å². The fourth-order valence-corrected chi connectivity index (χ4v) is 0.636. The van der Waals surface area contributed by atoms with Crippen molar-refractivity contribution in [1.82, 2.24) is 0 Å². The summed E-state index contributed by atoms with van der Waals surface area (Å²) in [6.45, 7) is 8.98. The number of likely N-dealkylation sites (N-methyl/N-ethyl adjacent to an activating group) is 1. The van der Waals surface area contributed by atoms with Crippen molar-refractivity contribution in [3.8, 4) is 0 Å². The van der Waals surface area contributed by atoms with Gasteiger partial charge in [-0.05, 0) is 19.4 Å². The van der Waals surface area contributed by atoms with Gasteiger partial charge >= 0.3 is 0 Å². The van der Waals surface area contributed by atoms with E-state index in [-0.39, 0.29) is 5.78 Å². The Morgan fingerprint density at radius 2 is 1.91 bits per heavy atom. The van der Waals surface area contributed by atoms with Gasteiger partial charge in [0.05, 0.1) is 20.6 Å². The van der Waals surface area contributed by atoms with E-state index in [0.29, 0.717) is 12.1 Å². The molecule has 0 saturated heterocycles. The summed E-state index contributed by atoms with van der Waals surface area (Å²) < 4.78 is 0.742. The predicted octanol–water partition coefficient (Wildman–Crippen LogP) is 1.23. The van der Waals surface area contributed by atoms with Gasteiger partial charge in [-0.15, -0.1) is 0 Å². The molecule has 0 unspecified atom stereocenters. The van der Waals surface area contributed by atoms with E-state index in [1.54, 1.807) is 6.92 Å². The quantitative estimate of drug-likeness (QED) is 0.442. The molecule has 0 aliphatic carbocycles. The third-order valence-corrected chi connectivity index (χ3v) is 1.90. The number of nitrogens with zero attached hydrogens (tertiary/aromatic N) is 1. The number of Topliss-reactive ketones (excluding diaryl/α,β-unsaturated/α-hetero) is 1. The zero-order valence-corrected chi connectivity index (χ0v) is 7.98. The topological polar surface area (TPSA) is 17.1 Å². The van der Waals surface area contributed by atoms with Crippen LogP contribution in [0, 0.1) is 0 Å². The summed E-state index contributed by atoms with van der Waals surface area (Å²) in [5.74, 6) is 0.164. The minimum atomic E-state index is 0.164. The first-order valence-corrected chi connectivity index (χ1v) is 3.90. The molecule has 11 heavy (non-hydrogen) atoms. The summed E-state index contributed by atoms with van der Waals surface area (Å²) >= 11 is 0. The lowest BCUT2D eigenvalue weighted by Crippen LogP contribution is -2.43. The van der Waals surface area contributed by atoms with Gasteiger partial charge in [-0.3, -0.25) is 4.79 Å². The fraction of sp³-hybridized carbons (Fsp3) is 0.667. The highest BCUT2D eigenvalue weighted by molar-refractivity contribution is 5.95. The van der Waals surface area contributed by atoms with E-state index in [1.165, 1.54) is 0 Å². The molecule has 0 rings (SSSR count). The van der Waals surface area contributed by atoms with Gasteiger partial charge < -0.3 is 4.48 Å². The number of rotatable bonds is 4. The molecule has 0 bridgehead atoms. The van der Waals surface area contributed by atoms with Crippen molar-refractivity contribution >= 4 is 5.78 Å². The van der Waals surface area contributed by atoms with Crippen LogP contribution in [0.5, 0.6) is 0 Å². The van der Waals surface area contributed by atoms with Crippen LogP contribution in [0.1, 0.15) is 13.8 Å². The van der Waals surface area contributed by atoms with Crippen molar-refractivity contribution in [2.75, 3.05) is 27.2 Å². The lowest BCUT2D eigenvalue weighted by atomic mass is 10.2. The molecule has 0 aliphatic rings. The smallest absolute Gasteiger partial charge is 0.212 e. The maximum atomic E-state index is 11.2. The number of ketones is 1. The number of carbonyl (C=O) groups is 1. The average molecular weight is 156 g/mol. The molecule has 0 spiro atoms. The third-order valence-electron chi connectivity index (χ3n) is 1.90. The molecular weight excluding hydrogens is 138 g/mol. The summed E-state index contributed by atoms with van der Waals surface area (Å²) in [6.07, 6.45) is 0. The Morgan fingerprint density at radius 1 is 1.45 bits per heavy atom. The predicted molar refractivity (Wildman–Crippen MR) is 47.3 cm³/mol. The molecule has 0 radical (unpaired) electrons. The second kappa shape index (κ2) is 3.67. The lowest BCUT2D eigenvalue weighted by molar-refractivity contribution is -0.880. The van der Waals surface area contributed by atoms with Gasteiger partial charge in [-0.1, -0.05) is 6.58 Å². The second-order valence-corrected chi connectivity index (χ2v) is 3.61. The van der Waals surface area contributed by atoms with Crippen LogP contribution in [0.2, 0.25) is 0 Å². The van der Waals surface area contributed by atoms with Crippen molar-refractivity contribution in [2.45, 2.75) is 13.8 Å². The maximum absolute atomic E-state index is 11.2. The fourth-order valence-electron chi connectivity index (χ4n) is 0.636. The minimum absolute atomic E-state index is 0.164. The Hall–Kier alpha value is -0.630. The first kappa shape index (κ1) is 10.4. The Labute approximate surface area is 69.1 Å². The van der Waals surface area contributed by atoms with Gasteiger partial charge in [0.15, 0.2) is 0 Å². The molecule has 0 heterocycles. The number of hydrogen-bond acceptors (Lipinski definition) is 1. The van der Waals surface area contributed by atoms with Gasteiger partial charge in [0.25, 0.3) is 0 Å². The van der Waals surface area contributed by atoms with Gasteiger partial charge in [0, 0.05) is 0 Å². The van der Waals surface area contributed by atoms with Crippen molar-refractivity contribution in [3.05, 3.63) is 12.2 Å². The monoisotopic (exact) mass is 156 g/mol. The van der Waals surface area contributed by atoms with E-state index in [0.717, 1.165) is 11.0 Å². The highest BCUT2D eigenvalue weighted by Gasteiger charge is 2.17. The molecule has 0 atom stereocenters. The van der Waals surface area contributed by atoms with Crippen LogP contribution in [-0.4, -0.2) is 37.5 Å². The Kier molecular flexibility index (Phi) is 3.46. The largest absolute Gasteiger partial charge is 0.322 e. The van der Waals surface area contributed by atoms with E-state index < -0.39 is 0 Å². The highest BCUT2D eigenvalue weighted by Crippen LogP contribution is 1.99. The van der Waals surface area contributed by atoms with Crippen LogP contribution in [0.15, 0.2) is 12.2 Å². The van der Waals surface area contributed by atoms with Gasteiger partial charge in [0.2, 0.25) is 5.78 Å². The summed E-state index contributed by atoms with van der Waals surface area (Å²) in [6, 6.07) is 0. The standard InChI is InChI=1S/C9H18NO/c1-6-10(4,5)7-9(11)8(2)3/h2,6-7H2,1,3-5H3/q+1. The highest BCUT2D eigenvalue weighted by atomic mass is 16.1. The van der Waals surface area contributed by atoms with Crippen LogP contribution < -0.4 is 0 Å². The molecule has 0 aliphatic heterocycles. The van der Waals surface area contributed by atoms with Crippen LogP contribution in [-0.2, 0) is 4.79 Å². The maximum Gasteiger partial charge on any atom is 0.212 e. The molecule has 2 nitrogen and oxygen atoms in total. The molecule has 0 amide bonds. The molecule has 0 saturated carbocycles. The molecule has 64 valence electrons. The van der Waals surface area contributed by atoms with E-state index in [1.807, 2.05) is 14.1 Å². The average Bonchev–Trinajstić information content (AvgIpc) is 1.87. The first-order chi connectivity index (χ1) is 4.89. The molecule has 0 aromatic rings. The van der Waals surface area contributed by atoms with Crippen molar-refractivity contribution in [2.24, 2.45) is 0 Å². The zero-order chi connectivity index (χ0) is 9.07. The Morgan fingerprint density at radius 3 is 2.18 bits per heavy atom. The van der Waals surface area contributed by atoms with E-state index in [4.69, 9.17) is 0 Å². The SMILES string of the molecule is C=C(C)C(=O)C[N+](C)(C)CC. The van der Waals surface area contributed by atoms with E-state index in [2.05, 4.69) is 13.5 Å². The second-order valence-electron chi connectivity index (χ2n) is 3.61. The van der Waals surface area contributed by atoms with Crippen LogP contribution in [0.4, 0.5) is 0 Å². The molecule has 0 N–H and O–H groups in total. The van der Waals surface area contributed by atoms with Crippen molar-refractivity contribution < 1.29 is 9.28 Å².